The van der Waals surface area contributed by atoms with Gasteiger partial charge in [-0.1, -0.05) is 51.1 Å². The van der Waals surface area contributed by atoms with Crippen molar-refractivity contribution >= 4 is 11.0 Å². The Kier molecular flexibility index (Phi) is 3.09. The molecule has 0 aliphatic heterocycles. The van der Waals surface area contributed by atoms with E-state index in [4.69, 9.17) is 4.98 Å². The van der Waals surface area contributed by atoms with Gasteiger partial charge in [-0.2, -0.15) is 0 Å². The minimum absolute atomic E-state index is 0.216. The largest absolute Gasteiger partial charge is 0.296 e. The topological polar surface area (TPSA) is 17.8 Å². The second kappa shape index (κ2) is 4.78. The van der Waals surface area contributed by atoms with E-state index < -0.39 is 0 Å². The van der Waals surface area contributed by atoms with Gasteiger partial charge in [-0.3, -0.25) is 4.57 Å². The number of hydrogen-bond acceptors (Lipinski definition) is 1. The summed E-state index contributed by atoms with van der Waals surface area (Å²) in [5, 5.41) is 0. The molecule has 0 radical (unpaired) electrons. The summed E-state index contributed by atoms with van der Waals surface area (Å²) in [5.41, 5.74) is 3.64. The number of imidazole rings is 1. The molecule has 0 saturated heterocycles. The first-order chi connectivity index (χ1) is 9.54. The fourth-order valence-corrected chi connectivity index (χ4v) is 2.53. The minimum Gasteiger partial charge on any atom is -0.296 e. The zero-order chi connectivity index (χ0) is 14.2. The van der Waals surface area contributed by atoms with Crippen molar-refractivity contribution in [1.82, 2.24) is 9.55 Å². The fourth-order valence-electron chi connectivity index (χ4n) is 2.53. The first-order valence-electron chi connectivity index (χ1n) is 7.06. The SMILES string of the molecule is CC(C)(C)Cc1nc2ccccc2n1-c1ccccc1. The Morgan fingerprint density at radius 2 is 1.55 bits per heavy atom. The van der Waals surface area contributed by atoms with E-state index in [0.29, 0.717) is 0 Å². The zero-order valence-corrected chi connectivity index (χ0v) is 12.3. The molecule has 1 aromatic heterocycles. The standard InChI is InChI=1S/C18H20N2/c1-18(2,3)13-17-19-15-11-7-8-12-16(15)20(17)14-9-5-4-6-10-14/h4-12H,13H2,1-3H3. The van der Waals surface area contributed by atoms with E-state index in [1.54, 1.807) is 0 Å². The quantitative estimate of drug-likeness (QED) is 0.660. The summed E-state index contributed by atoms with van der Waals surface area (Å²) in [7, 11) is 0. The first-order valence-corrected chi connectivity index (χ1v) is 7.06. The third-order valence-corrected chi connectivity index (χ3v) is 3.33. The van der Waals surface area contributed by atoms with Crippen LogP contribution in [0, 0.1) is 5.41 Å². The molecule has 0 saturated carbocycles. The molecule has 0 aliphatic carbocycles. The maximum Gasteiger partial charge on any atom is 0.114 e. The summed E-state index contributed by atoms with van der Waals surface area (Å²) in [6.07, 6.45) is 0.955. The van der Waals surface area contributed by atoms with Crippen LogP contribution in [0.5, 0.6) is 0 Å². The van der Waals surface area contributed by atoms with Gasteiger partial charge >= 0.3 is 0 Å². The van der Waals surface area contributed by atoms with Gasteiger partial charge in [0.1, 0.15) is 5.82 Å². The van der Waals surface area contributed by atoms with Crippen LogP contribution in [0.1, 0.15) is 26.6 Å². The van der Waals surface area contributed by atoms with Crippen LogP contribution in [0.4, 0.5) is 0 Å². The van der Waals surface area contributed by atoms with Crippen LogP contribution in [-0.2, 0) is 6.42 Å². The number of benzene rings is 2. The van der Waals surface area contributed by atoms with Crippen LogP contribution in [0.25, 0.3) is 16.7 Å². The van der Waals surface area contributed by atoms with E-state index in [1.807, 2.05) is 12.1 Å². The number of rotatable bonds is 2. The van der Waals surface area contributed by atoms with Gasteiger partial charge in [0.05, 0.1) is 11.0 Å². The second-order valence-electron chi connectivity index (χ2n) is 6.43. The predicted octanol–water partition coefficient (Wildman–Crippen LogP) is 4.61. The van der Waals surface area contributed by atoms with Gasteiger partial charge in [-0.05, 0) is 29.7 Å². The summed E-state index contributed by atoms with van der Waals surface area (Å²) < 4.78 is 2.28. The number of fused-ring (bicyclic) bond motifs is 1. The summed E-state index contributed by atoms with van der Waals surface area (Å²) >= 11 is 0. The molecule has 2 heteroatoms. The molecule has 0 aliphatic rings. The van der Waals surface area contributed by atoms with Crippen molar-refractivity contribution in [3.8, 4) is 5.69 Å². The summed E-state index contributed by atoms with van der Waals surface area (Å²) in [6, 6.07) is 18.8. The van der Waals surface area contributed by atoms with Gasteiger partial charge in [0.15, 0.2) is 0 Å². The van der Waals surface area contributed by atoms with Crippen LogP contribution >= 0.6 is 0 Å². The van der Waals surface area contributed by atoms with E-state index in [-0.39, 0.29) is 5.41 Å². The highest BCUT2D eigenvalue weighted by Crippen LogP contribution is 2.26. The van der Waals surface area contributed by atoms with Crippen molar-refractivity contribution in [3.63, 3.8) is 0 Å². The monoisotopic (exact) mass is 264 g/mol. The molecule has 0 amide bonds. The Balaban J connectivity index is 2.24. The third-order valence-electron chi connectivity index (χ3n) is 3.33. The fraction of sp³-hybridized carbons (Fsp3) is 0.278. The van der Waals surface area contributed by atoms with Gasteiger partial charge in [0.25, 0.3) is 0 Å². The maximum atomic E-state index is 4.84. The maximum absolute atomic E-state index is 4.84. The molecule has 1 heterocycles. The molecule has 102 valence electrons. The zero-order valence-electron chi connectivity index (χ0n) is 12.3. The molecular weight excluding hydrogens is 244 g/mol. The Hall–Kier alpha value is -2.09. The minimum atomic E-state index is 0.216. The molecule has 2 nitrogen and oxygen atoms in total. The van der Waals surface area contributed by atoms with Crippen LogP contribution in [0.3, 0.4) is 0 Å². The average Bonchev–Trinajstić information content (AvgIpc) is 2.75. The van der Waals surface area contributed by atoms with Crippen LogP contribution in [-0.4, -0.2) is 9.55 Å². The number of aromatic nitrogens is 2. The highest BCUT2D eigenvalue weighted by atomic mass is 15.1. The molecule has 0 atom stereocenters. The molecule has 20 heavy (non-hydrogen) atoms. The molecule has 2 aromatic carbocycles. The molecule has 0 bridgehead atoms. The lowest BCUT2D eigenvalue weighted by Gasteiger charge is -2.18. The summed E-state index contributed by atoms with van der Waals surface area (Å²) in [5.74, 6) is 1.13. The second-order valence-corrected chi connectivity index (χ2v) is 6.43. The van der Waals surface area contributed by atoms with Crippen molar-refractivity contribution in [2.75, 3.05) is 0 Å². The molecule has 0 N–H and O–H groups in total. The van der Waals surface area contributed by atoms with E-state index in [2.05, 4.69) is 67.8 Å². The van der Waals surface area contributed by atoms with Crippen LogP contribution in [0.15, 0.2) is 54.6 Å². The van der Waals surface area contributed by atoms with Crippen molar-refractivity contribution < 1.29 is 0 Å². The number of para-hydroxylation sites is 3. The smallest absolute Gasteiger partial charge is 0.114 e. The van der Waals surface area contributed by atoms with E-state index in [1.165, 1.54) is 11.2 Å². The van der Waals surface area contributed by atoms with E-state index in [9.17, 15) is 0 Å². The Morgan fingerprint density at radius 1 is 0.900 bits per heavy atom. The van der Waals surface area contributed by atoms with Crippen molar-refractivity contribution in [2.45, 2.75) is 27.2 Å². The summed E-state index contributed by atoms with van der Waals surface area (Å²) in [6.45, 7) is 6.75. The normalized spacial score (nSPS) is 11.9. The Labute approximate surface area is 120 Å². The molecular formula is C18H20N2. The van der Waals surface area contributed by atoms with Crippen LogP contribution in [0.2, 0.25) is 0 Å². The predicted molar refractivity (Wildman–Crippen MR) is 84.2 cm³/mol. The van der Waals surface area contributed by atoms with Gasteiger partial charge in [0, 0.05) is 12.1 Å². The van der Waals surface area contributed by atoms with Gasteiger partial charge in [-0.15, -0.1) is 0 Å². The van der Waals surface area contributed by atoms with Crippen LogP contribution < -0.4 is 0 Å². The molecule has 0 spiro atoms. The first kappa shape index (κ1) is 12.9. The molecule has 3 aromatic rings. The van der Waals surface area contributed by atoms with Gasteiger partial charge in [0.2, 0.25) is 0 Å². The lowest BCUT2D eigenvalue weighted by Crippen LogP contribution is -2.13. The van der Waals surface area contributed by atoms with Crippen molar-refractivity contribution in [1.29, 1.82) is 0 Å². The van der Waals surface area contributed by atoms with E-state index >= 15 is 0 Å². The lowest BCUT2D eigenvalue weighted by atomic mass is 9.92. The van der Waals surface area contributed by atoms with Gasteiger partial charge < -0.3 is 0 Å². The lowest BCUT2D eigenvalue weighted by molar-refractivity contribution is 0.399. The van der Waals surface area contributed by atoms with Crippen molar-refractivity contribution in [2.24, 2.45) is 5.41 Å². The summed E-state index contributed by atoms with van der Waals surface area (Å²) in [4.78, 5) is 4.84. The van der Waals surface area contributed by atoms with Gasteiger partial charge in [-0.25, -0.2) is 4.98 Å². The highest BCUT2D eigenvalue weighted by Gasteiger charge is 2.18. The van der Waals surface area contributed by atoms with E-state index in [0.717, 1.165) is 17.8 Å². The molecule has 0 fully saturated rings. The Morgan fingerprint density at radius 3 is 2.25 bits per heavy atom. The molecule has 3 rings (SSSR count). The Bertz CT molecular complexity index is 718. The number of hydrogen-bond donors (Lipinski definition) is 0. The average molecular weight is 264 g/mol. The molecule has 0 unspecified atom stereocenters. The third kappa shape index (κ3) is 2.46. The highest BCUT2D eigenvalue weighted by molar-refractivity contribution is 5.78. The number of nitrogens with zero attached hydrogens (tertiary/aromatic N) is 2. The van der Waals surface area contributed by atoms with Crippen molar-refractivity contribution in [3.05, 3.63) is 60.4 Å².